The van der Waals surface area contributed by atoms with Crippen molar-refractivity contribution in [3.63, 3.8) is 0 Å². The molecule has 0 aromatic rings. The molecule has 1 fully saturated rings. The Labute approximate surface area is 89.6 Å². The van der Waals surface area contributed by atoms with E-state index < -0.39 is 11.5 Å². The van der Waals surface area contributed by atoms with Crippen molar-refractivity contribution in [3.8, 4) is 0 Å². The van der Waals surface area contributed by atoms with E-state index in [0.29, 0.717) is 0 Å². The van der Waals surface area contributed by atoms with E-state index in [1.165, 1.54) is 7.11 Å². The van der Waals surface area contributed by atoms with Crippen molar-refractivity contribution >= 4 is 11.9 Å². The quantitative estimate of drug-likeness (QED) is 0.639. The maximum Gasteiger partial charge on any atom is 0.330 e. The SMILES string of the molecule is COC(=O)C(C)(C)NC(=O)[C@@H]1CCCN1. The second-order valence-electron chi connectivity index (χ2n) is 4.25. The number of hydrogen-bond acceptors (Lipinski definition) is 4. The first-order valence-electron chi connectivity index (χ1n) is 5.11. The van der Waals surface area contributed by atoms with E-state index in [2.05, 4.69) is 15.4 Å². The van der Waals surface area contributed by atoms with Crippen molar-refractivity contribution in [2.45, 2.75) is 38.3 Å². The van der Waals surface area contributed by atoms with E-state index in [1.807, 2.05) is 0 Å². The molecule has 1 saturated heterocycles. The van der Waals surface area contributed by atoms with Gasteiger partial charge in [-0.25, -0.2) is 4.79 Å². The summed E-state index contributed by atoms with van der Waals surface area (Å²) in [5.41, 5.74) is -0.962. The van der Waals surface area contributed by atoms with E-state index in [1.54, 1.807) is 13.8 Å². The minimum atomic E-state index is -0.962. The Morgan fingerprint density at radius 3 is 2.60 bits per heavy atom. The van der Waals surface area contributed by atoms with Crippen molar-refractivity contribution in [1.29, 1.82) is 0 Å². The smallest absolute Gasteiger partial charge is 0.330 e. The molecule has 0 radical (unpaired) electrons. The molecule has 1 rings (SSSR count). The van der Waals surface area contributed by atoms with Crippen LogP contribution in [0.3, 0.4) is 0 Å². The number of ether oxygens (including phenoxy) is 1. The molecular weight excluding hydrogens is 196 g/mol. The summed E-state index contributed by atoms with van der Waals surface area (Å²) in [7, 11) is 1.31. The summed E-state index contributed by atoms with van der Waals surface area (Å²) in [4.78, 5) is 23.0. The van der Waals surface area contributed by atoms with Crippen LogP contribution in [0, 0.1) is 0 Å². The molecule has 1 aliphatic rings. The van der Waals surface area contributed by atoms with Crippen molar-refractivity contribution in [2.24, 2.45) is 0 Å². The number of esters is 1. The van der Waals surface area contributed by atoms with Gasteiger partial charge in [0, 0.05) is 0 Å². The normalized spacial score (nSPS) is 21.1. The highest BCUT2D eigenvalue weighted by atomic mass is 16.5. The molecule has 86 valence electrons. The lowest BCUT2D eigenvalue weighted by molar-refractivity contribution is -0.149. The van der Waals surface area contributed by atoms with Crippen LogP contribution in [0.1, 0.15) is 26.7 Å². The number of methoxy groups -OCH3 is 1. The average Bonchev–Trinajstić information content (AvgIpc) is 2.68. The van der Waals surface area contributed by atoms with Crippen LogP contribution < -0.4 is 10.6 Å². The van der Waals surface area contributed by atoms with Crippen LogP contribution in [0.15, 0.2) is 0 Å². The van der Waals surface area contributed by atoms with Gasteiger partial charge in [-0.05, 0) is 33.2 Å². The molecule has 5 nitrogen and oxygen atoms in total. The molecule has 2 N–H and O–H groups in total. The summed E-state index contributed by atoms with van der Waals surface area (Å²) in [6.45, 7) is 4.12. The Morgan fingerprint density at radius 1 is 1.47 bits per heavy atom. The zero-order chi connectivity index (χ0) is 11.5. The van der Waals surface area contributed by atoms with Gasteiger partial charge in [-0.2, -0.15) is 0 Å². The molecule has 0 unspecified atom stereocenters. The highest BCUT2D eigenvalue weighted by molar-refractivity contribution is 5.89. The van der Waals surface area contributed by atoms with Crippen molar-refractivity contribution < 1.29 is 14.3 Å². The van der Waals surface area contributed by atoms with E-state index >= 15 is 0 Å². The van der Waals surface area contributed by atoms with Crippen LogP contribution in [0.25, 0.3) is 0 Å². The second kappa shape index (κ2) is 4.61. The summed E-state index contributed by atoms with van der Waals surface area (Å²) in [5.74, 6) is -0.572. The third-order valence-corrected chi connectivity index (χ3v) is 2.51. The van der Waals surface area contributed by atoms with Gasteiger partial charge in [0.05, 0.1) is 13.2 Å². The van der Waals surface area contributed by atoms with Crippen LogP contribution in [-0.2, 0) is 14.3 Å². The van der Waals surface area contributed by atoms with Crippen molar-refractivity contribution in [1.82, 2.24) is 10.6 Å². The van der Waals surface area contributed by atoms with Gasteiger partial charge in [-0.3, -0.25) is 4.79 Å². The highest BCUT2D eigenvalue weighted by Crippen LogP contribution is 2.09. The van der Waals surface area contributed by atoms with E-state index in [9.17, 15) is 9.59 Å². The van der Waals surface area contributed by atoms with Crippen LogP contribution in [0.2, 0.25) is 0 Å². The molecule has 1 aliphatic heterocycles. The first-order chi connectivity index (χ1) is 6.97. The summed E-state index contributed by atoms with van der Waals surface area (Å²) in [6.07, 6.45) is 1.82. The second-order valence-corrected chi connectivity index (χ2v) is 4.25. The van der Waals surface area contributed by atoms with Crippen LogP contribution in [-0.4, -0.2) is 37.1 Å². The summed E-state index contributed by atoms with van der Waals surface area (Å²) < 4.78 is 4.60. The van der Waals surface area contributed by atoms with Crippen molar-refractivity contribution in [3.05, 3.63) is 0 Å². The standard InChI is InChI=1S/C10H18N2O3/c1-10(2,9(14)15-3)12-8(13)7-5-4-6-11-7/h7,11H,4-6H2,1-3H3,(H,12,13)/t7-/m0/s1. The zero-order valence-electron chi connectivity index (χ0n) is 9.42. The Morgan fingerprint density at radius 2 is 2.13 bits per heavy atom. The predicted octanol–water partition coefficient (Wildman–Crippen LogP) is -0.194. The summed E-state index contributed by atoms with van der Waals surface area (Å²) >= 11 is 0. The zero-order valence-corrected chi connectivity index (χ0v) is 9.42. The first-order valence-corrected chi connectivity index (χ1v) is 5.11. The molecule has 0 aliphatic carbocycles. The molecule has 1 heterocycles. The minimum Gasteiger partial charge on any atom is -0.467 e. The van der Waals surface area contributed by atoms with Gasteiger partial charge in [-0.15, -0.1) is 0 Å². The van der Waals surface area contributed by atoms with Crippen molar-refractivity contribution in [2.75, 3.05) is 13.7 Å². The highest BCUT2D eigenvalue weighted by Gasteiger charge is 2.33. The number of carbonyl (C=O) groups is 2. The number of nitrogens with one attached hydrogen (secondary N) is 2. The van der Waals surface area contributed by atoms with E-state index in [0.717, 1.165) is 19.4 Å². The fraction of sp³-hybridized carbons (Fsp3) is 0.800. The Bertz CT molecular complexity index is 257. The van der Waals surface area contributed by atoms with Gasteiger partial charge in [0.15, 0.2) is 0 Å². The summed E-state index contributed by atoms with van der Waals surface area (Å²) in [6, 6.07) is -0.172. The average molecular weight is 214 g/mol. The maximum atomic E-state index is 11.7. The van der Waals surface area contributed by atoms with Crippen LogP contribution >= 0.6 is 0 Å². The third kappa shape index (κ3) is 2.92. The van der Waals surface area contributed by atoms with Crippen LogP contribution in [0.5, 0.6) is 0 Å². The predicted molar refractivity (Wildman–Crippen MR) is 55.3 cm³/mol. The molecular formula is C10H18N2O3. The molecule has 0 bridgehead atoms. The monoisotopic (exact) mass is 214 g/mol. The van der Waals surface area contributed by atoms with E-state index in [-0.39, 0.29) is 11.9 Å². The van der Waals surface area contributed by atoms with Gasteiger partial charge in [0.2, 0.25) is 5.91 Å². The summed E-state index contributed by atoms with van der Waals surface area (Å²) in [5, 5.41) is 5.74. The Balaban J connectivity index is 2.52. The number of carbonyl (C=O) groups excluding carboxylic acids is 2. The lowest BCUT2D eigenvalue weighted by Gasteiger charge is -2.24. The molecule has 1 amide bonds. The van der Waals surface area contributed by atoms with Gasteiger partial charge >= 0.3 is 5.97 Å². The van der Waals surface area contributed by atoms with Gasteiger partial charge in [0.25, 0.3) is 0 Å². The molecule has 5 heteroatoms. The third-order valence-electron chi connectivity index (χ3n) is 2.51. The number of hydrogen-bond donors (Lipinski definition) is 2. The molecule has 1 atom stereocenters. The van der Waals surface area contributed by atoms with E-state index in [4.69, 9.17) is 0 Å². The first kappa shape index (κ1) is 12.0. The Kier molecular flexibility index (Phi) is 3.68. The fourth-order valence-corrected chi connectivity index (χ4v) is 1.61. The van der Waals surface area contributed by atoms with Gasteiger partial charge in [-0.1, -0.05) is 0 Å². The lowest BCUT2D eigenvalue weighted by Crippen LogP contribution is -2.54. The lowest BCUT2D eigenvalue weighted by atomic mass is 10.1. The van der Waals surface area contributed by atoms with Gasteiger partial charge < -0.3 is 15.4 Å². The fourth-order valence-electron chi connectivity index (χ4n) is 1.61. The number of amides is 1. The largest absolute Gasteiger partial charge is 0.467 e. The molecule has 0 spiro atoms. The number of rotatable bonds is 3. The maximum absolute atomic E-state index is 11.7. The molecule has 0 aromatic heterocycles. The van der Waals surface area contributed by atoms with Gasteiger partial charge in [0.1, 0.15) is 5.54 Å². The van der Waals surface area contributed by atoms with Crippen LogP contribution in [0.4, 0.5) is 0 Å². The molecule has 0 aromatic carbocycles. The molecule has 0 saturated carbocycles. The topological polar surface area (TPSA) is 67.4 Å². The minimum absolute atomic E-state index is 0.136. The Hall–Kier alpha value is -1.10. The molecule has 15 heavy (non-hydrogen) atoms.